The zero-order valence-corrected chi connectivity index (χ0v) is 12.2. The van der Waals surface area contributed by atoms with Gasteiger partial charge >= 0.3 is 0 Å². The van der Waals surface area contributed by atoms with Crippen LogP contribution in [0.4, 0.5) is 5.13 Å². The molecule has 0 bridgehead atoms. The van der Waals surface area contributed by atoms with E-state index in [-0.39, 0.29) is 0 Å². The summed E-state index contributed by atoms with van der Waals surface area (Å²) in [7, 11) is 3.21. The lowest BCUT2D eigenvalue weighted by molar-refractivity contribution is 0.211. The number of fused-ring (bicyclic) bond motifs is 1. The summed E-state index contributed by atoms with van der Waals surface area (Å²) in [5.41, 5.74) is 0.680. The minimum atomic E-state index is 0.462. The molecular formula is C11H12Cl2N2O2S. The third-order valence-corrected chi connectivity index (χ3v) is 4.05. The molecule has 1 aromatic heterocycles. The van der Waals surface area contributed by atoms with Crippen LogP contribution in [0.3, 0.4) is 0 Å². The van der Waals surface area contributed by atoms with Crippen molar-refractivity contribution in [3.05, 3.63) is 16.1 Å². The molecule has 0 spiro atoms. The van der Waals surface area contributed by atoms with Crippen LogP contribution < -0.4 is 10.1 Å². The van der Waals surface area contributed by atoms with Gasteiger partial charge < -0.3 is 14.8 Å². The van der Waals surface area contributed by atoms with Crippen LogP contribution >= 0.6 is 34.5 Å². The largest absolute Gasteiger partial charge is 0.493 e. The fourth-order valence-electron chi connectivity index (χ4n) is 1.52. The molecule has 2 rings (SSSR count). The fraction of sp³-hybridized carbons (Fsp3) is 0.364. The normalized spacial score (nSPS) is 10.9. The first kappa shape index (κ1) is 13.7. The Morgan fingerprint density at radius 2 is 2.11 bits per heavy atom. The van der Waals surface area contributed by atoms with Gasteiger partial charge in [0, 0.05) is 13.7 Å². The minimum absolute atomic E-state index is 0.462. The summed E-state index contributed by atoms with van der Waals surface area (Å²) in [5, 5.41) is 4.96. The molecule has 0 aliphatic carbocycles. The molecule has 18 heavy (non-hydrogen) atoms. The van der Waals surface area contributed by atoms with Gasteiger partial charge in [-0.05, 0) is 6.07 Å². The van der Waals surface area contributed by atoms with Gasteiger partial charge in [0.15, 0.2) is 10.9 Å². The van der Waals surface area contributed by atoms with Crippen LogP contribution in [-0.4, -0.2) is 32.4 Å². The Bertz CT molecular complexity index is 559. The van der Waals surface area contributed by atoms with Gasteiger partial charge in [-0.15, -0.1) is 0 Å². The molecule has 98 valence electrons. The highest BCUT2D eigenvalue weighted by molar-refractivity contribution is 7.22. The molecular weight excluding hydrogens is 295 g/mol. The smallest absolute Gasteiger partial charge is 0.184 e. The Kier molecular flexibility index (Phi) is 4.50. The molecule has 1 N–H and O–H groups in total. The van der Waals surface area contributed by atoms with Crippen molar-refractivity contribution in [1.29, 1.82) is 0 Å². The number of rotatable bonds is 5. The number of hydrogen-bond acceptors (Lipinski definition) is 5. The maximum absolute atomic E-state index is 6.14. The first-order valence-electron chi connectivity index (χ1n) is 5.22. The van der Waals surface area contributed by atoms with E-state index in [1.54, 1.807) is 20.3 Å². The number of anilines is 1. The zero-order valence-electron chi connectivity index (χ0n) is 9.92. The molecule has 2 aromatic rings. The highest BCUT2D eigenvalue weighted by Crippen LogP contribution is 2.41. The van der Waals surface area contributed by atoms with Crippen LogP contribution in [0.5, 0.6) is 5.75 Å². The van der Waals surface area contributed by atoms with Gasteiger partial charge in [-0.25, -0.2) is 4.98 Å². The molecule has 0 saturated carbocycles. The second kappa shape index (κ2) is 5.93. The van der Waals surface area contributed by atoms with Crippen LogP contribution in [0.2, 0.25) is 10.0 Å². The number of nitrogens with zero attached hydrogens (tertiary/aromatic N) is 1. The lowest BCUT2D eigenvalue weighted by Gasteiger charge is -2.03. The van der Waals surface area contributed by atoms with E-state index in [0.717, 1.165) is 9.83 Å². The number of aromatic nitrogens is 1. The predicted molar refractivity (Wildman–Crippen MR) is 76.6 cm³/mol. The van der Waals surface area contributed by atoms with Crippen molar-refractivity contribution in [2.24, 2.45) is 0 Å². The number of halogens is 2. The van der Waals surface area contributed by atoms with E-state index in [2.05, 4.69) is 10.3 Å². The molecule has 0 saturated heterocycles. The van der Waals surface area contributed by atoms with E-state index in [9.17, 15) is 0 Å². The highest BCUT2D eigenvalue weighted by atomic mass is 35.5. The Morgan fingerprint density at radius 1 is 1.33 bits per heavy atom. The van der Waals surface area contributed by atoms with Gasteiger partial charge in [-0.3, -0.25) is 0 Å². The van der Waals surface area contributed by atoms with Crippen molar-refractivity contribution in [3.63, 3.8) is 0 Å². The molecule has 0 radical (unpaired) electrons. The van der Waals surface area contributed by atoms with E-state index in [1.165, 1.54) is 11.3 Å². The van der Waals surface area contributed by atoms with Gasteiger partial charge in [0.1, 0.15) is 5.52 Å². The molecule has 4 nitrogen and oxygen atoms in total. The molecule has 0 amide bonds. The molecule has 1 heterocycles. The number of nitrogens with one attached hydrogen (secondary N) is 1. The van der Waals surface area contributed by atoms with Crippen LogP contribution in [0.15, 0.2) is 6.07 Å². The van der Waals surface area contributed by atoms with Crippen molar-refractivity contribution >= 4 is 49.9 Å². The van der Waals surface area contributed by atoms with E-state index >= 15 is 0 Å². The average Bonchev–Trinajstić information content (AvgIpc) is 2.74. The first-order chi connectivity index (χ1) is 8.67. The quantitative estimate of drug-likeness (QED) is 0.856. The van der Waals surface area contributed by atoms with E-state index < -0.39 is 0 Å². The number of benzene rings is 1. The maximum Gasteiger partial charge on any atom is 0.184 e. The summed E-state index contributed by atoms with van der Waals surface area (Å²) in [5.74, 6) is 0.548. The molecule has 1 aromatic carbocycles. The standard InChI is InChI=1S/C11H12Cl2N2O2S/c1-16-4-3-14-11-15-8-9(17-2)6(12)5-7(13)10(8)18-11/h5H,3-4H2,1-2H3,(H,14,15). The Morgan fingerprint density at radius 3 is 2.78 bits per heavy atom. The van der Waals surface area contributed by atoms with Gasteiger partial charge in [-0.2, -0.15) is 0 Å². The van der Waals surface area contributed by atoms with Crippen LogP contribution in [-0.2, 0) is 4.74 Å². The lowest BCUT2D eigenvalue weighted by atomic mass is 10.3. The van der Waals surface area contributed by atoms with Crippen LogP contribution in [0.1, 0.15) is 0 Å². The van der Waals surface area contributed by atoms with Crippen molar-refractivity contribution in [2.75, 3.05) is 32.7 Å². The van der Waals surface area contributed by atoms with E-state index in [1.807, 2.05) is 0 Å². The monoisotopic (exact) mass is 306 g/mol. The Hall–Kier alpha value is -0.750. The van der Waals surface area contributed by atoms with E-state index in [0.29, 0.717) is 34.5 Å². The minimum Gasteiger partial charge on any atom is -0.493 e. The number of thiazole rings is 1. The number of hydrogen-bond donors (Lipinski definition) is 1. The summed E-state index contributed by atoms with van der Waals surface area (Å²) < 4.78 is 11.1. The third-order valence-electron chi connectivity index (χ3n) is 2.32. The van der Waals surface area contributed by atoms with Gasteiger partial charge in [0.25, 0.3) is 0 Å². The maximum atomic E-state index is 6.14. The summed E-state index contributed by atoms with van der Waals surface area (Å²) in [6.45, 7) is 1.30. The van der Waals surface area contributed by atoms with Crippen molar-refractivity contribution < 1.29 is 9.47 Å². The van der Waals surface area contributed by atoms with Crippen LogP contribution in [0, 0.1) is 0 Å². The van der Waals surface area contributed by atoms with Gasteiger partial charge in [-0.1, -0.05) is 34.5 Å². The molecule has 0 fully saturated rings. The summed E-state index contributed by atoms with van der Waals surface area (Å²) in [6.07, 6.45) is 0. The van der Waals surface area contributed by atoms with Crippen LogP contribution in [0.25, 0.3) is 10.2 Å². The second-order valence-corrected chi connectivity index (χ2v) is 5.30. The SMILES string of the molecule is COCCNc1nc2c(OC)c(Cl)cc(Cl)c2s1. The Balaban J connectivity index is 2.40. The summed E-state index contributed by atoms with van der Waals surface area (Å²) in [4.78, 5) is 4.43. The van der Waals surface area contributed by atoms with E-state index in [4.69, 9.17) is 32.7 Å². The lowest BCUT2D eigenvalue weighted by Crippen LogP contribution is -2.06. The predicted octanol–water partition coefficient (Wildman–Crippen LogP) is 3.67. The first-order valence-corrected chi connectivity index (χ1v) is 6.80. The van der Waals surface area contributed by atoms with Crippen molar-refractivity contribution in [3.8, 4) is 5.75 Å². The Labute approximate surface area is 119 Å². The number of methoxy groups -OCH3 is 2. The molecule has 0 atom stereocenters. The van der Waals surface area contributed by atoms with Gasteiger partial charge in [0.2, 0.25) is 0 Å². The molecule has 0 unspecified atom stereocenters. The highest BCUT2D eigenvalue weighted by Gasteiger charge is 2.15. The summed E-state index contributed by atoms with van der Waals surface area (Å²) in [6, 6.07) is 1.67. The molecule has 0 aliphatic heterocycles. The average molecular weight is 307 g/mol. The fourth-order valence-corrected chi connectivity index (χ4v) is 3.06. The summed E-state index contributed by atoms with van der Waals surface area (Å²) >= 11 is 13.7. The number of ether oxygens (including phenoxy) is 2. The third kappa shape index (κ3) is 2.64. The second-order valence-electron chi connectivity index (χ2n) is 3.49. The molecule has 0 aliphatic rings. The topological polar surface area (TPSA) is 43.4 Å². The van der Waals surface area contributed by atoms with Crippen molar-refractivity contribution in [1.82, 2.24) is 4.98 Å². The molecule has 7 heteroatoms. The zero-order chi connectivity index (χ0) is 13.1. The van der Waals surface area contributed by atoms with Crippen molar-refractivity contribution in [2.45, 2.75) is 0 Å². The van der Waals surface area contributed by atoms with Gasteiger partial charge in [0.05, 0.1) is 28.5 Å².